The molecule has 0 unspecified atom stereocenters. The minimum absolute atomic E-state index is 0.0412. The fourth-order valence-corrected chi connectivity index (χ4v) is 4.49. The van der Waals surface area contributed by atoms with E-state index in [9.17, 15) is 14.4 Å². The second kappa shape index (κ2) is 10.5. The van der Waals surface area contributed by atoms with Crippen molar-refractivity contribution >= 4 is 23.5 Å². The first-order valence-electron chi connectivity index (χ1n) is 11.4. The van der Waals surface area contributed by atoms with Gasteiger partial charge in [-0.3, -0.25) is 9.59 Å². The smallest absolute Gasteiger partial charge is 0.321 e. The lowest BCUT2D eigenvalue weighted by molar-refractivity contribution is -0.158. The summed E-state index contributed by atoms with van der Waals surface area (Å²) < 4.78 is 10.5. The molecule has 34 heavy (non-hydrogen) atoms. The number of piperidine rings is 1. The predicted octanol–water partition coefficient (Wildman–Crippen LogP) is 2.57. The number of rotatable bonds is 6. The Hall–Kier alpha value is -3.75. The average molecular weight is 467 g/mol. The first-order chi connectivity index (χ1) is 16.5. The largest absolute Gasteiger partial charge is 0.493 e. The zero-order chi connectivity index (χ0) is 24.1. The van der Waals surface area contributed by atoms with Crippen LogP contribution in [-0.4, -0.2) is 79.0 Å². The lowest BCUT2D eigenvalue weighted by atomic mass is 10.0. The average Bonchev–Trinajstić information content (AvgIpc) is 2.87. The quantitative estimate of drug-likeness (QED) is 0.661. The fourth-order valence-electron chi connectivity index (χ4n) is 4.49. The standard InChI is InChI=1S/C25H30N4O5/c1-33-21-9-8-19(16-22(21)34-2)26-25(32)27-12-10-20(11-13-27)29-15-14-28(23(30)24(29)31)17-18-6-4-3-5-7-18/h3-9,16,20H,10-15,17H2,1-2H3,(H,26,32). The van der Waals surface area contributed by atoms with Crippen LogP contribution < -0.4 is 14.8 Å². The first-order valence-corrected chi connectivity index (χ1v) is 11.4. The van der Waals surface area contributed by atoms with Crippen molar-refractivity contribution in [2.24, 2.45) is 0 Å². The number of nitrogens with one attached hydrogen (secondary N) is 1. The molecule has 0 radical (unpaired) electrons. The molecule has 2 saturated heterocycles. The highest BCUT2D eigenvalue weighted by molar-refractivity contribution is 6.35. The van der Waals surface area contributed by atoms with Gasteiger partial charge in [-0.2, -0.15) is 0 Å². The van der Waals surface area contributed by atoms with Crippen LogP contribution in [0.25, 0.3) is 0 Å². The van der Waals surface area contributed by atoms with E-state index in [0.717, 1.165) is 5.56 Å². The van der Waals surface area contributed by atoms with Crippen LogP contribution in [0.2, 0.25) is 0 Å². The minimum Gasteiger partial charge on any atom is -0.493 e. The van der Waals surface area contributed by atoms with Crippen molar-refractivity contribution in [2.45, 2.75) is 25.4 Å². The summed E-state index contributed by atoms with van der Waals surface area (Å²) in [5.41, 5.74) is 1.62. The van der Waals surface area contributed by atoms with Gasteiger partial charge in [0.2, 0.25) is 0 Å². The monoisotopic (exact) mass is 466 g/mol. The van der Waals surface area contributed by atoms with Crippen molar-refractivity contribution in [2.75, 3.05) is 45.7 Å². The zero-order valence-electron chi connectivity index (χ0n) is 19.5. The Morgan fingerprint density at radius 2 is 1.62 bits per heavy atom. The Labute approximate surface area is 199 Å². The van der Waals surface area contributed by atoms with Crippen molar-refractivity contribution in [1.29, 1.82) is 0 Å². The Kier molecular flexibility index (Phi) is 7.20. The zero-order valence-corrected chi connectivity index (χ0v) is 19.5. The molecule has 0 spiro atoms. The molecule has 180 valence electrons. The lowest BCUT2D eigenvalue weighted by Crippen LogP contribution is -2.59. The van der Waals surface area contributed by atoms with Crippen molar-refractivity contribution in [3.8, 4) is 11.5 Å². The number of hydrogen-bond donors (Lipinski definition) is 1. The second-order valence-corrected chi connectivity index (χ2v) is 8.43. The third-order valence-corrected chi connectivity index (χ3v) is 6.39. The van der Waals surface area contributed by atoms with Crippen LogP contribution in [0.3, 0.4) is 0 Å². The third kappa shape index (κ3) is 5.08. The minimum atomic E-state index is -0.455. The van der Waals surface area contributed by atoms with Gasteiger partial charge in [0.05, 0.1) is 14.2 Å². The highest BCUT2D eigenvalue weighted by Crippen LogP contribution is 2.30. The molecule has 4 amide bonds. The summed E-state index contributed by atoms with van der Waals surface area (Å²) in [6.07, 6.45) is 1.27. The second-order valence-electron chi connectivity index (χ2n) is 8.43. The number of carbonyl (C=O) groups is 3. The van der Waals surface area contributed by atoms with Gasteiger partial charge in [0.25, 0.3) is 0 Å². The highest BCUT2D eigenvalue weighted by Gasteiger charge is 2.38. The van der Waals surface area contributed by atoms with Gasteiger partial charge in [0.1, 0.15) is 0 Å². The number of benzene rings is 2. The number of methoxy groups -OCH3 is 2. The SMILES string of the molecule is COc1ccc(NC(=O)N2CCC(N3CCN(Cc4ccccc4)C(=O)C3=O)CC2)cc1OC. The maximum atomic E-state index is 12.8. The summed E-state index contributed by atoms with van der Waals surface area (Å²) in [6.45, 7) is 2.48. The van der Waals surface area contributed by atoms with Crippen LogP contribution in [0.4, 0.5) is 10.5 Å². The highest BCUT2D eigenvalue weighted by atomic mass is 16.5. The molecule has 2 heterocycles. The molecule has 9 nitrogen and oxygen atoms in total. The molecule has 0 atom stereocenters. The predicted molar refractivity (Wildman–Crippen MR) is 127 cm³/mol. The van der Waals surface area contributed by atoms with E-state index in [1.165, 1.54) is 0 Å². The molecule has 0 saturated carbocycles. The van der Waals surface area contributed by atoms with Crippen molar-refractivity contribution in [1.82, 2.24) is 14.7 Å². The molecule has 0 aliphatic carbocycles. The van der Waals surface area contributed by atoms with Crippen LogP contribution in [-0.2, 0) is 16.1 Å². The van der Waals surface area contributed by atoms with Crippen LogP contribution in [0, 0.1) is 0 Å². The summed E-state index contributed by atoms with van der Waals surface area (Å²) in [6, 6.07) is 14.6. The van der Waals surface area contributed by atoms with Gasteiger partial charge < -0.3 is 29.5 Å². The van der Waals surface area contributed by atoms with Gasteiger partial charge >= 0.3 is 17.8 Å². The first kappa shape index (κ1) is 23.4. The maximum absolute atomic E-state index is 12.8. The number of nitrogens with zero attached hydrogens (tertiary/aromatic N) is 3. The molecule has 0 bridgehead atoms. The normalized spacial score (nSPS) is 17.1. The van der Waals surface area contributed by atoms with Crippen molar-refractivity contribution in [3.05, 3.63) is 54.1 Å². The Morgan fingerprint density at radius 1 is 0.912 bits per heavy atom. The van der Waals surface area contributed by atoms with E-state index in [2.05, 4.69) is 5.32 Å². The van der Waals surface area contributed by atoms with Crippen LogP contribution >= 0.6 is 0 Å². The van der Waals surface area contributed by atoms with Gasteiger partial charge in [-0.15, -0.1) is 0 Å². The molecule has 2 aromatic carbocycles. The Balaban J connectivity index is 1.29. The van der Waals surface area contributed by atoms with Gasteiger partial charge in [0.15, 0.2) is 11.5 Å². The molecule has 9 heteroatoms. The van der Waals surface area contributed by atoms with Crippen LogP contribution in [0.5, 0.6) is 11.5 Å². The van der Waals surface area contributed by atoms with Gasteiger partial charge in [0, 0.05) is 50.5 Å². The van der Waals surface area contributed by atoms with E-state index in [1.54, 1.807) is 47.1 Å². The van der Waals surface area contributed by atoms with Gasteiger partial charge in [-0.05, 0) is 30.5 Å². The van der Waals surface area contributed by atoms with E-state index >= 15 is 0 Å². The number of anilines is 1. The summed E-state index contributed by atoms with van der Waals surface area (Å²) in [4.78, 5) is 43.3. The molecule has 2 aromatic rings. The summed E-state index contributed by atoms with van der Waals surface area (Å²) in [5.74, 6) is 0.220. The van der Waals surface area contributed by atoms with Crippen molar-refractivity contribution in [3.63, 3.8) is 0 Å². The third-order valence-electron chi connectivity index (χ3n) is 6.39. The molecule has 4 rings (SSSR count). The Morgan fingerprint density at radius 3 is 2.29 bits per heavy atom. The molecule has 2 aliphatic heterocycles. The summed E-state index contributed by atoms with van der Waals surface area (Å²) >= 11 is 0. The maximum Gasteiger partial charge on any atom is 0.321 e. The van der Waals surface area contributed by atoms with E-state index in [4.69, 9.17) is 9.47 Å². The molecule has 0 aromatic heterocycles. The topological polar surface area (TPSA) is 91.4 Å². The molecular formula is C25H30N4O5. The number of likely N-dealkylation sites (tertiary alicyclic amines) is 1. The number of piperazine rings is 1. The number of ether oxygens (including phenoxy) is 2. The number of carbonyl (C=O) groups excluding carboxylic acids is 3. The number of amides is 4. The van der Waals surface area contributed by atoms with E-state index in [-0.39, 0.29) is 12.1 Å². The van der Waals surface area contributed by atoms with E-state index in [0.29, 0.717) is 62.8 Å². The number of urea groups is 1. The molecular weight excluding hydrogens is 436 g/mol. The fraction of sp³-hybridized carbons (Fsp3) is 0.400. The van der Waals surface area contributed by atoms with Crippen molar-refractivity contribution < 1.29 is 23.9 Å². The summed E-state index contributed by atoms with van der Waals surface area (Å²) in [5, 5.41) is 2.89. The van der Waals surface area contributed by atoms with Crippen LogP contribution in [0.15, 0.2) is 48.5 Å². The van der Waals surface area contributed by atoms with Crippen LogP contribution in [0.1, 0.15) is 18.4 Å². The van der Waals surface area contributed by atoms with Gasteiger partial charge in [-0.1, -0.05) is 30.3 Å². The summed E-state index contributed by atoms with van der Waals surface area (Å²) in [7, 11) is 3.10. The molecule has 2 aliphatic rings. The van der Waals surface area contributed by atoms with E-state index < -0.39 is 11.8 Å². The Bertz CT molecular complexity index is 1040. The molecule has 2 fully saturated rings. The van der Waals surface area contributed by atoms with E-state index in [1.807, 2.05) is 30.3 Å². The lowest BCUT2D eigenvalue weighted by Gasteiger charge is -2.42. The molecule has 1 N–H and O–H groups in total. The van der Waals surface area contributed by atoms with Gasteiger partial charge in [-0.25, -0.2) is 4.79 Å². The number of hydrogen-bond acceptors (Lipinski definition) is 5.